The number of amides is 1. The molecule has 1 aromatic heterocycles. The van der Waals surface area contributed by atoms with E-state index in [9.17, 15) is 9.59 Å². The fraction of sp³-hybridized carbons (Fsp3) is 0.167. The Balaban J connectivity index is 1.77. The van der Waals surface area contributed by atoms with Crippen LogP contribution in [-0.4, -0.2) is 28.4 Å². The van der Waals surface area contributed by atoms with E-state index < -0.39 is 0 Å². The molecule has 0 radical (unpaired) electrons. The summed E-state index contributed by atoms with van der Waals surface area (Å²) >= 11 is 0. The highest BCUT2D eigenvalue weighted by Crippen LogP contribution is 2.16. The van der Waals surface area contributed by atoms with Crippen LogP contribution >= 0.6 is 0 Å². The Kier molecular flexibility index (Phi) is 4.29. The van der Waals surface area contributed by atoms with Gasteiger partial charge in [-0.15, -0.1) is 0 Å². The molecular formula is C18H17N3O3. The van der Waals surface area contributed by atoms with Gasteiger partial charge in [0, 0.05) is 11.1 Å². The number of anilines is 1. The standard InChI is InChI=1S/C18H17N3O3/c1-3-24-17(22)13-5-7-15(8-6-13)20-18(23)21-16-9-4-12(2)10-14(16)11-19-21/h4-11H,3H2,1-2H3,(H,20,23). The first kappa shape index (κ1) is 15.7. The van der Waals surface area contributed by atoms with Crippen LogP contribution in [-0.2, 0) is 4.74 Å². The zero-order valence-electron chi connectivity index (χ0n) is 13.4. The molecule has 6 nitrogen and oxygen atoms in total. The van der Waals surface area contributed by atoms with Gasteiger partial charge in [-0.25, -0.2) is 9.59 Å². The summed E-state index contributed by atoms with van der Waals surface area (Å²) in [6.45, 7) is 4.06. The lowest BCUT2D eigenvalue weighted by atomic mass is 10.2. The van der Waals surface area contributed by atoms with Crippen LogP contribution in [0.2, 0.25) is 0 Å². The summed E-state index contributed by atoms with van der Waals surface area (Å²) < 4.78 is 6.24. The zero-order chi connectivity index (χ0) is 17.1. The van der Waals surface area contributed by atoms with Crippen LogP contribution in [0, 0.1) is 6.92 Å². The molecule has 0 spiro atoms. The van der Waals surface area contributed by atoms with Gasteiger partial charge in [-0.1, -0.05) is 11.6 Å². The largest absolute Gasteiger partial charge is 0.462 e. The van der Waals surface area contributed by atoms with E-state index in [1.807, 2.05) is 25.1 Å². The van der Waals surface area contributed by atoms with Gasteiger partial charge in [-0.2, -0.15) is 9.78 Å². The third-order valence-electron chi connectivity index (χ3n) is 3.56. The Hall–Kier alpha value is -3.15. The van der Waals surface area contributed by atoms with Gasteiger partial charge in [0.05, 0.1) is 23.9 Å². The first-order valence-corrected chi connectivity index (χ1v) is 7.61. The normalized spacial score (nSPS) is 10.6. The molecule has 0 unspecified atom stereocenters. The highest BCUT2D eigenvalue weighted by Gasteiger charge is 2.11. The summed E-state index contributed by atoms with van der Waals surface area (Å²) in [6.07, 6.45) is 1.66. The van der Waals surface area contributed by atoms with Crippen molar-refractivity contribution in [2.45, 2.75) is 13.8 Å². The molecule has 122 valence electrons. The number of nitrogens with one attached hydrogen (secondary N) is 1. The molecule has 1 amide bonds. The molecule has 0 aliphatic rings. The Labute approximate surface area is 139 Å². The molecule has 6 heteroatoms. The fourth-order valence-corrected chi connectivity index (χ4v) is 2.39. The second-order valence-corrected chi connectivity index (χ2v) is 5.35. The Morgan fingerprint density at radius 2 is 1.92 bits per heavy atom. The molecule has 24 heavy (non-hydrogen) atoms. The zero-order valence-corrected chi connectivity index (χ0v) is 13.4. The van der Waals surface area contributed by atoms with E-state index in [0.29, 0.717) is 17.9 Å². The molecule has 0 bridgehead atoms. The number of benzene rings is 2. The van der Waals surface area contributed by atoms with Crippen molar-refractivity contribution in [3.8, 4) is 0 Å². The molecule has 3 aromatic rings. The maximum Gasteiger partial charge on any atom is 0.347 e. The van der Waals surface area contributed by atoms with E-state index in [2.05, 4.69) is 10.4 Å². The first-order valence-electron chi connectivity index (χ1n) is 7.61. The van der Waals surface area contributed by atoms with Crippen LogP contribution in [0.4, 0.5) is 10.5 Å². The monoisotopic (exact) mass is 323 g/mol. The van der Waals surface area contributed by atoms with E-state index in [-0.39, 0.29) is 12.0 Å². The second kappa shape index (κ2) is 6.54. The van der Waals surface area contributed by atoms with Gasteiger partial charge in [-0.3, -0.25) is 0 Å². The summed E-state index contributed by atoms with van der Waals surface area (Å²) in [7, 11) is 0. The van der Waals surface area contributed by atoms with Crippen molar-refractivity contribution >= 4 is 28.6 Å². The minimum absolute atomic E-state index is 0.323. The van der Waals surface area contributed by atoms with Gasteiger partial charge < -0.3 is 10.1 Å². The van der Waals surface area contributed by atoms with Gasteiger partial charge in [0.15, 0.2) is 0 Å². The summed E-state index contributed by atoms with van der Waals surface area (Å²) in [5, 5.41) is 7.80. The van der Waals surface area contributed by atoms with E-state index in [1.165, 1.54) is 4.68 Å². The minimum Gasteiger partial charge on any atom is -0.462 e. The van der Waals surface area contributed by atoms with Crippen LogP contribution in [0.3, 0.4) is 0 Å². The lowest BCUT2D eigenvalue weighted by Crippen LogP contribution is -2.20. The molecule has 0 saturated heterocycles. The predicted octanol–water partition coefficient (Wildman–Crippen LogP) is 3.60. The van der Waals surface area contributed by atoms with Gasteiger partial charge >= 0.3 is 12.0 Å². The number of carbonyl (C=O) groups excluding carboxylic acids is 2. The number of rotatable bonds is 3. The average molecular weight is 323 g/mol. The van der Waals surface area contributed by atoms with Crippen molar-refractivity contribution in [3.05, 3.63) is 59.8 Å². The van der Waals surface area contributed by atoms with Gasteiger partial charge in [0.1, 0.15) is 0 Å². The molecule has 0 fully saturated rings. The summed E-state index contributed by atoms with van der Waals surface area (Å²) in [5.74, 6) is -0.385. The molecule has 0 aliphatic heterocycles. The van der Waals surface area contributed by atoms with Crippen molar-refractivity contribution < 1.29 is 14.3 Å². The van der Waals surface area contributed by atoms with Crippen molar-refractivity contribution in [1.82, 2.24) is 9.78 Å². The van der Waals surface area contributed by atoms with Gasteiger partial charge in [0.25, 0.3) is 0 Å². The third-order valence-corrected chi connectivity index (χ3v) is 3.56. The summed E-state index contributed by atoms with van der Waals surface area (Å²) in [5.41, 5.74) is 2.86. The smallest absolute Gasteiger partial charge is 0.347 e. The maximum absolute atomic E-state index is 12.4. The summed E-state index contributed by atoms with van der Waals surface area (Å²) in [4.78, 5) is 24.0. The first-order chi connectivity index (χ1) is 11.6. The van der Waals surface area contributed by atoms with Crippen LogP contribution in [0.25, 0.3) is 10.9 Å². The molecule has 0 saturated carbocycles. The topological polar surface area (TPSA) is 73.2 Å². The molecule has 1 heterocycles. The predicted molar refractivity (Wildman–Crippen MR) is 91.3 cm³/mol. The Morgan fingerprint density at radius 3 is 2.62 bits per heavy atom. The maximum atomic E-state index is 12.4. The lowest BCUT2D eigenvalue weighted by molar-refractivity contribution is 0.0526. The number of carbonyl (C=O) groups is 2. The number of hydrogen-bond acceptors (Lipinski definition) is 4. The molecule has 3 rings (SSSR count). The van der Waals surface area contributed by atoms with Crippen LogP contribution in [0.1, 0.15) is 22.8 Å². The van der Waals surface area contributed by atoms with Crippen LogP contribution < -0.4 is 5.32 Å². The number of aromatic nitrogens is 2. The molecule has 0 atom stereocenters. The highest BCUT2D eigenvalue weighted by atomic mass is 16.5. The highest BCUT2D eigenvalue weighted by molar-refractivity contribution is 5.97. The number of ether oxygens (including phenoxy) is 1. The number of nitrogens with zero attached hydrogens (tertiary/aromatic N) is 2. The quantitative estimate of drug-likeness (QED) is 0.747. The van der Waals surface area contributed by atoms with E-state index in [1.54, 1.807) is 37.4 Å². The van der Waals surface area contributed by atoms with Crippen molar-refractivity contribution in [1.29, 1.82) is 0 Å². The lowest BCUT2D eigenvalue weighted by Gasteiger charge is -2.07. The van der Waals surface area contributed by atoms with Crippen LogP contribution in [0.5, 0.6) is 0 Å². The number of fused-ring (bicyclic) bond motifs is 1. The van der Waals surface area contributed by atoms with Gasteiger partial charge in [-0.05, 0) is 50.2 Å². The second-order valence-electron chi connectivity index (χ2n) is 5.35. The van der Waals surface area contributed by atoms with E-state index in [4.69, 9.17) is 4.74 Å². The van der Waals surface area contributed by atoms with Crippen molar-refractivity contribution in [2.24, 2.45) is 0 Å². The average Bonchev–Trinajstić information content (AvgIpc) is 2.98. The molecule has 1 N–H and O–H groups in total. The Morgan fingerprint density at radius 1 is 1.17 bits per heavy atom. The van der Waals surface area contributed by atoms with Gasteiger partial charge in [0.2, 0.25) is 0 Å². The molecule has 2 aromatic carbocycles. The van der Waals surface area contributed by atoms with E-state index in [0.717, 1.165) is 16.5 Å². The van der Waals surface area contributed by atoms with Crippen LogP contribution in [0.15, 0.2) is 48.7 Å². The SMILES string of the molecule is CCOC(=O)c1ccc(NC(=O)n2ncc3cc(C)ccc32)cc1. The number of aryl methyl sites for hydroxylation is 1. The molecular weight excluding hydrogens is 306 g/mol. The molecule has 0 aliphatic carbocycles. The number of esters is 1. The van der Waals surface area contributed by atoms with Crippen molar-refractivity contribution in [2.75, 3.05) is 11.9 Å². The number of hydrogen-bond donors (Lipinski definition) is 1. The minimum atomic E-state index is -0.385. The summed E-state index contributed by atoms with van der Waals surface area (Å²) in [6, 6.07) is 11.9. The Bertz CT molecular complexity index is 898. The fourth-order valence-electron chi connectivity index (χ4n) is 2.39. The van der Waals surface area contributed by atoms with Crippen molar-refractivity contribution in [3.63, 3.8) is 0 Å². The van der Waals surface area contributed by atoms with E-state index >= 15 is 0 Å². The third kappa shape index (κ3) is 3.12.